The molecule has 2 heteroatoms. The molecule has 0 atom stereocenters. The maximum atomic E-state index is 12.4. The molecule has 0 amide bonds. The Kier molecular flexibility index (Phi) is 4.39. The number of carbonyl (C=O) groups excluding carboxylic acids is 1. The molecule has 0 fully saturated rings. The van der Waals surface area contributed by atoms with Gasteiger partial charge in [0.1, 0.15) is 0 Å². The fourth-order valence-corrected chi connectivity index (χ4v) is 2.24. The summed E-state index contributed by atoms with van der Waals surface area (Å²) < 4.78 is 0. The molecule has 1 nitrogen and oxygen atoms in total. The average Bonchev–Trinajstić information content (AvgIpc) is 2.42. The second kappa shape index (κ2) is 6.03. The minimum atomic E-state index is 0.0276. The van der Waals surface area contributed by atoms with Gasteiger partial charge in [0, 0.05) is 16.1 Å². The summed E-state index contributed by atoms with van der Waals surface area (Å²) in [5.41, 5.74) is 3.56. The predicted octanol–water partition coefficient (Wildman–Crippen LogP) is 4.83. The van der Waals surface area contributed by atoms with Gasteiger partial charge in [0.05, 0.1) is 0 Å². The van der Waals surface area contributed by atoms with E-state index >= 15 is 0 Å². The third-order valence-corrected chi connectivity index (χ3v) is 3.57. The lowest BCUT2D eigenvalue weighted by Crippen LogP contribution is -2.02. The minimum absolute atomic E-state index is 0.0276. The summed E-state index contributed by atoms with van der Waals surface area (Å²) in [5.74, 6) is 0.0276. The Bertz CT molecular complexity index is 602. The molecule has 0 saturated heterocycles. The number of hydrogen-bond acceptors (Lipinski definition) is 1. The van der Waals surface area contributed by atoms with Crippen molar-refractivity contribution in [3.05, 3.63) is 69.7 Å². The van der Waals surface area contributed by atoms with Crippen LogP contribution in [0.3, 0.4) is 0 Å². The second-order valence-electron chi connectivity index (χ2n) is 4.74. The van der Waals surface area contributed by atoms with Gasteiger partial charge in [-0.15, -0.1) is 0 Å². The molecule has 0 aromatic heterocycles. The van der Waals surface area contributed by atoms with Gasteiger partial charge in [0.25, 0.3) is 0 Å². The van der Waals surface area contributed by atoms with Crippen LogP contribution in [0.15, 0.2) is 42.5 Å². The van der Waals surface area contributed by atoms with E-state index in [2.05, 4.69) is 13.0 Å². The van der Waals surface area contributed by atoms with Crippen LogP contribution < -0.4 is 0 Å². The molecule has 0 aliphatic rings. The molecule has 2 rings (SSSR count). The second-order valence-corrected chi connectivity index (χ2v) is 5.15. The molecule has 0 aliphatic heterocycles. The van der Waals surface area contributed by atoms with Crippen molar-refractivity contribution in [2.24, 2.45) is 0 Å². The van der Waals surface area contributed by atoms with Crippen LogP contribution in [0.1, 0.15) is 40.4 Å². The molecule has 0 heterocycles. The molecule has 0 saturated carbocycles. The molecular weight excluding hydrogens is 256 g/mol. The maximum Gasteiger partial charge on any atom is 0.193 e. The summed E-state index contributed by atoms with van der Waals surface area (Å²) in [5, 5.41) is 0.635. The van der Waals surface area contributed by atoms with Gasteiger partial charge in [0.2, 0.25) is 0 Å². The molecule has 2 aromatic rings. The van der Waals surface area contributed by atoms with Crippen LogP contribution in [0.4, 0.5) is 0 Å². The van der Waals surface area contributed by atoms with Crippen molar-refractivity contribution in [2.45, 2.75) is 26.7 Å². The fraction of sp³-hybridized carbons (Fsp3) is 0.235. The van der Waals surface area contributed by atoms with Crippen LogP contribution in [0.25, 0.3) is 0 Å². The summed E-state index contributed by atoms with van der Waals surface area (Å²) in [4.78, 5) is 12.4. The minimum Gasteiger partial charge on any atom is -0.289 e. The van der Waals surface area contributed by atoms with Crippen LogP contribution in [0, 0.1) is 6.92 Å². The summed E-state index contributed by atoms with van der Waals surface area (Å²) in [6.07, 6.45) is 2.07. The van der Waals surface area contributed by atoms with Crippen LogP contribution in [-0.2, 0) is 6.42 Å². The number of benzene rings is 2. The van der Waals surface area contributed by atoms with Crippen LogP contribution >= 0.6 is 11.6 Å². The van der Waals surface area contributed by atoms with E-state index in [0.29, 0.717) is 10.6 Å². The molecule has 0 N–H and O–H groups in total. The summed E-state index contributed by atoms with van der Waals surface area (Å²) in [6, 6.07) is 13.3. The first-order valence-corrected chi connectivity index (χ1v) is 6.89. The number of ketones is 1. The molecular formula is C17H17ClO. The largest absolute Gasteiger partial charge is 0.289 e. The van der Waals surface area contributed by atoms with Gasteiger partial charge in [-0.2, -0.15) is 0 Å². The van der Waals surface area contributed by atoms with E-state index in [1.54, 1.807) is 6.07 Å². The molecule has 19 heavy (non-hydrogen) atoms. The first kappa shape index (κ1) is 13.8. The van der Waals surface area contributed by atoms with Crippen molar-refractivity contribution < 1.29 is 4.79 Å². The van der Waals surface area contributed by atoms with Gasteiger partial charge in [-0.1, -0.05) is 55.3 Å². The van der Waals surface area contributed by atoms with Gasteiger partial charge < -0.3 is 0 Å². The highest BCUT2D eigenvalue weighted by atomic mass is 35.5. The molecule has 2 aromatic carbocycles. The predicted molar refractivity (Wildman–Crippen MR) is 80.1 cm³/mol. The number of carbonyl (C=O) groups is 1. The number of halogens is 1. The summed E-state index contributed by atoms with van der Waals surface area (Å²) in [7, 11) is 0. The van der Waals surface area contributed by atoms with E-state index in [-0.39, 0.29) is 5.78 Å². The van der Waals surface area contributed by atoms with Crippen molar-refractivity contribution in [3.8, 4) is 0 Å². The quantitative estimate of drug-likeness (QED) is 0.729. The lowest BCUT2D eigenvalue weighted by molar-refractivity contribution is 0.103. The standard InChI is InChI=1S/C17H17ClO/c1-3-5-13-6-4-7-14(10-13)17(19)15-9-8-12(2)16(18)11-15/h4,6-11H,3,5H2,1-2H3. The molecule has 0 bridgehead atoms. The SMILES string of the molecule is CCCc1cccc(C(=O)c2ccc(C)c(Cl)c2)c1. The molecule has 0 unspecified atom stereocenters. The average molecular weight is 273 g/mol. The van der Waals surface area contributed by atoms with E-state index in [1.807, 2.05) is 37.3 Å². The highest BCUT2D eigenvalue weighted by Crippen LogP contribution is 2.19. The monoisotopic (exact) mass is 272 g/mol. The van der Waals surface area contributed by atoms with E-state index in [1.165, 1.54) is 5.56 Å². The number of aryl methyl sites for hydroxylation is 2. The topological polar surface area (TPSA) is 17.1 Å². The first-order valence-electron chi connectivity index (χ1n) is 6.51. The van der Waals surface area contributed by atoms with E-state index in [0.717, 1.165) is 24.0 Å². The Morgan fingerprint density at radius 1 is 1.11 bits per heavy atom. The third kappa shape index (κ3) is 3.24. The zero-order valence-corrected chi connectivity index (χ0v) is 12.0. The van der Waals surface area contributed by atoms with Crippen LogP contribution in [0.5, 0.6) is 0 Å². The van der Waals surface area contributed by atoms with Gasteiger partial charge in [-0.05, 0) is 36.6 Å². The van der Waals surface area contributed by atoms with E-state index in [4.69, 9.17) is 11.6 Å². The highest BCUT2D eigenvalue weighted by Gasteiger charge is 2.10. The lowest BCUT2D eigenvalue weighted by atomic mass is 9.99. The smallest absolute Gasteiger partial charge is 0.193 e. The van der Waals surface area contributed by atoms with Crippen molar-refractivity contribution >= 4 is 17.4 Å². The molecule has 0 spiro atoms. The Morgan fingerprint density at radius 3 is 2.53 bits per heavy atom. The Hall–Kier alpha value is -1.60. The van der Waals surface area contributed by atoms with Crippen molar-refractivity contribution in [1.82, 2.24) is 0 Å². The lowest BCUT2D eigenvalue weighted by Gasteiger charge is -2.05. The fourth-order valence-electron chi connectivity index (χ4n) is 2.06. The van der Waals surface area contributed by atoms with Gasteiger partial charge >= 0.3 is 0 Å². The Morgan fingerprint density at radius 2 is 1.84 bits per heavy atom. The zero-order valence-electron chi connectivity index (χ0n) is 11.2. The van der Waals surface area contributed by atoms with Crippen LogP contribution in [0.2, 0.25) is 5.02 Å². The number of rotatable bonds is 4. The van der Waals surface area contributed by atoms with E-state index < -0.39 is 0 Å². The Balaban J connectivity index is 2.32. The van der Waals surface area contributed by atoms with Crippen molar-refractivity contribution in [3.63, 3.8) is 0 Å². The van der Waals surface area contributed by atoms with Gasteiger partial charge in [-0.3, -0.25) is 4.79 Å². The normalized spacial score (nSPS) is 10.5. The summed E-state index contributed by atoms with van der Waals surface area (Å²) >= 11 is 6.07. The van der Waals surface area contributed by atoms with Crippen molar-refractivity contribution in [1.29, 1.82) is 0 Å². The van der Waals surface area contributed by atoms with Gasteiger partial charge in [0.15, 0.2) is 5.78 Å². The first-order chi connectivity index (χ1) is 9.11. The van der Waals surface area contributed by atoms with Crippen LogP contribution in [-0.4, -0.2) is 5.78 Å². The third-order valence-electron chi connectivity index (χ3n) is 3.16. The zero-order chi connectivity index (χ0) is 13.8. The van der Waals surface area contributed by atoms with Crippen molar-refractivity contribution in [2.75, 3.05) is 0 Å². The molecule has 0 aliphatic carbocycles. The Labute approximate surface area is 119 Å². The summed E-state index contributed by atoms with van der Waals surface area (Å²) in [6.45, 7) is 4.06. The number of hydrogen-bond donors (Lipinski definition) is 0. The highest BCUT2D eigenvalue weighted by molar-refractivity contribution is 6.31. The maximum absolute atomic E-state index is 12.4. The molecule has 98 valence electrons. The van der Waals surface area contributed by atoms with E-state index in [9.17, 15) is 4.79 Å². The van der Waals surface area contributed by atoms with Gasteiger partial charge in [-0.25, -0.2) is 0 Å². The molecule has 0 radical (unpaired) electrons.